The largest absolute Gasteiger partial charge is 0.462 e. The molecule has 60 heavy (non-hydrogen) atoms. The molecule has 3 unspecified atom stereocenters. The van der Waals surface area contributed by atoms with Gasteiger partial charge in [0.25, 0.3) is 0 Å². The lowest BCUT2D eigenvalue weighted by Gasteiger charge is -2.24. The van der Waals surface area contributed by atoms with E-state index >= 15 is 0 Å². The van der Waals surface area contributed by atoms with Crippen molar-refractivity contribution in [1.29, 1.82) is 0 Å². The molecule has 0 fully saturated rings. The smallest absolute Gasteiger partial charge is 0.306 e. The maximum atomic E-state index is 13.1. The van der Waals surface area contributed by atoms with Crippen molar-refractivity contribution in [2.24, 2.45) is 0 Å². The first-order valence-electron chi connectivity index (χ1n) is 26.2. The van der Waals surface area contributed by atoms with Gasteiger partial charge in [0.15, 0.2) is 0 Å². The van der Waals surface area contributed by atoms with E-state index in [1.54, 1.807) is 0 Å². The number of aliphatic hydroxyl groups excluding tert-OH is 2. The van der Waals surface area contributed by atoms with Crippen molar-refractivity contribution < 1.29 is 24.5 Å². The third-order valence-electron chi connectivity index (χ3n) is 11.9. The Morgan fingerprint density at radius 1 is 0.483 bits per heavy atom. The summed E-state index contributed by atoms with van der Waals surface area (Å²) >= 11 is 0. The fraction of sp³-hybridized carbons (Fsp3) is 0.852. The molecule has 0 radical (unpaired) electrons. The third-order valence-corrected chi connectivity index (χ3v) is 11.9. The van der Waals surface area contributed by atoms with Gasteiger partial charge in [0, 0.05) is 6.42 Å². The van der Waals surface area contributed by atoms with Crippen molar-refractivity contribution in [3.8, 4) is 0 Å². The summed E-state index contributed by atoms with van der Waals surface area (Å²) in [4.78, 5) is 26.0. The van der Waals surface area contributed by atoms with Crippen molar-refractivity contribution >= 4 is 11.9 Å². The standard InChI is InChI=1S/C54H101NO5/c1-4-7-10-13-16-19-21-23-25-26-27-28-29-31-33-35-38-41-44-47-54(59)60-50(45-42-39-36-18-15-12-9-6-3)48-53(58)55-51(49-56)52(57)46-43-40-37-34-32-30-24-22-20-17-14-11-8-5-2/h12,15-16,19,23,25,50-52,56-57H,4-11,13-14,17-18,20-22,24,26-49H2,1-3H3,(H,55,58)/b15-12-,19-16-,25-23-. The summed E-state index contributed by atoms with van der Waals surface area (Å²) in [5.41, 5.74) is 0. The predicted molar refractivity (Wildman–Crippen MR) is 259 cm³/mol. The summed E-state index contributed by atoms with van der Waals surface area (Å²) in [5.74, 6) is -0.490. The van der Waals surface area contributed by atoms with Gasteiger partial charge in [-0.05, 0) is 77.0 Å². The molecule has 6 heteroatoms. The second kappa shape index (κ2) is 48.1. The number of hydrogen-bond acceptors (Lipinski definition) is 5. The van der Waals surface area contributed by atoms with E-state index < -0.39 is 18.2 Å². The Bertz CT molecular complexity index is 993. The van der Waals surface area contributed by atoms with Crippen LogP contribution in [0.15, 0.2) is 36.5 Å². The number of aliphatic hydroxyl groups is 2. The minimum atomic E-state index is -0.789. The highest BCUT2D eigenvalue weighted by molar-refractivity contribution is 5.77. The van der Waals surface area contributed by atoms with Crippen molar-refractivity contribution in [2.75, 3.05) is 6.61 Å². The fourth-order valence-electron chi connectivity index (χ4n) is 7.93. The molecule has 0 saturated heterocycles. The highest BCUT2D eigenvalue weighted by Crippen LogP contribution is 2.18. The van der Waals surface area contributed by atoms with Gasteiger partial charge < -0.3 is 20.3 Å². The number of amides is 1. The average molecular weight is 844 g/mol. The first kappa shape index (κ1) is 58.1. The molecule has 0 saturated carbocycles. The Balaban J connectivity index is 4.37. The van der Waals surface area contributed by atoms with Gasteiger partial charge in [-0.1, -0.05) is 218 Å². The Morgan fingerprint density at radius 2 is 0.883 bits per heavy atom. The van der Waals surface area contributed by atoms with Crippen LogP contribution in [0.2, 0.25) is 0 Å². The minimum Gasteiger partial charge on any atom is -0.462 e. The summed E-state index contributed by atoms with van der Waals surface area (Å²) < 4.78 is 5.90. The van der Waals surface area contributed by atoms with E-state index in [2.05, 4.69) is 62.5 Å². The molecular weight excluding hydrogens is 743 g/mol. The van der Waals surface area contributed by atoms with E-state index in [1.165, 1.54) is 148 Å². The number of nitrogens with one attached hydrogen (secondary N) is 1. The molecule has 6 nitrogen and oxygen atoms in total. The molecule has 0 aromatic heterocycles. The summed E-state index contributed by atoms with van der Waals surface area (Å²) in [6, 6.07) is -0.703. The zero-order valence-corrected chi connectivity index (χ0v) is 40.1. The summed E-state index contributed by atoms with van der Waals surface area (Å²) in [5, 5.41) is 23.7. The lowest BCUT2D eigenvalue weighted by atomic mass is 10.0. The van der Waals surface area contributed by atoms with Gasteiger partial charge in [-0.2, -0.15) is 0 Å². The summed E-state index contributed by atoms with van der Waals surface area (Å²) in [6.07, 6.45) is 56.5. The zero-order valence-electron chi connectivity index (χ0n) is 40.1. The van der Waals surface area contributed by atoms with Crippen LogP contribution in [-0.4, -0.2) is 46.9 Å². The maximum absolute atomic E-state index is 13.1. The van der Waals surface area contributed by atoms with Crippen LogP contribution < -0.4 is 5.32 Å². The Labute approximate surface area is 373 Å². The third kappa shape index (κ3) is 42.8. The average Bonchev–Trinajstić information content (AvgIpc) is 3.24. The summed E-state index contributed by atoms with van der Waals surface area (Å²) in [7, 11) is 0. The predicted octanol–water partition coefficient (Wildman–Crippen LogP) is 15.7. The quantitative estimate of drug-likeness (QED) is 0.0322. The van der Waals surface area contributed by atoms with Gasteiger partial charge in [0.05, 0.1) is 25.2 Å². The molecule has 0 aliphatic heterocycles. The highest BCUT2D eigenvalue weighted by Gasteiger charge is 2.24. The molecule has 0 bridgehead atoms. The molecule has 0 aromatic carbocycles. The number of ether oxygens (including phenoxy) is 1. The van der Waals surface area contributed by atoms with Gasteiger partial charge >= 0.3 is 5.97 Å². The monoisotopic (exact) mass is 844 g/mol. The molecule has 1 amide bonds. The number of unbranched alkanes of at least 4 members (excludes halogenated alkanes) is 29. The van der Waals surface area contributed by atoms with Crippen LogP contribution in [0.5, 0.6) is 0 Å². The molecule has 3 atom stereocenters. The Morgan fingerprint density at radius 3 is 1.40 bits per heavy atom. The number of hydrogen-bond donors (Lipinski definition) is 3. The van der Waals surface area contributed by atoms with E-state index in [4.69, 9.17) is 4.74 Å². The van der Waals surface area contributed by atoms with Crippen molar-refractivity contribution in [3.63, 3.8) is 0 Å². The van der Waals surface area contributed by atoms with E-state index in [9.17, 15) is 19.8 Å². The molecule has 3 N–H and O–H groups in total. The number of rotatable bonds is 47. The minimum absolute atomic E-state index is 0.0665. The Hall–Kier alpha value is -1.92. The lowest BCUT2D eigenvalue weighted by Crippen LogP contribution is -2.46. The molecule has 0 spiro atoms. The van der Waals surface area contributed by atoms with E-state index in [1.807, 2.05) is 0 Å². The highest BCUT2D eigenvalue weighted by atomic mass is 16.5. The van der Waals surface area contributed by atoms with Gasteiger partial charge in [0.1, 0.15) is 6.10 Å². The number of allylic oxidation sites excluding steroid dienone is 6. The van der Waals surface area contributed by atoms with Crippen LogP contribution in [0.3, 0.4) is 0 Å². The van der Waals surface area contributed by atoms with Crippen molar-refractivity contribution in [1.82, 2.24) is 5.32 Å². The first-order chi connectivity index (χ1) is 29.5. The molecule has 0 aromatic rings. The number of carbonyl (C=O) groups excluding carboxylic acids is 2. The van der Waals surface area contributed by atoms with E-state index in [-0.39, 0.29) is 24.9 Å². The zero-order chi connectivity index (χ0) is 43.8. The second-order valence-electron chi connectivity index (χ2n) is 17.9. The van der Waals surface area contributed by atoms with Crippen LogP contribution >= 0.6 is 0 Å². The van der Waals surface area contributed by atoms with E-state index in [0.717, 1.165) is 77.0 Å². The second-order valence-corrected chi connectivity index (χ2v) is 17.9. The van der Waals surface area contributed by atoms with Crippen molar-refractivity contribution in [3.05, 3.63) is 36.5 Å². The lowest BCUT2D eigenvalue weighted by molar-refractivity contribution is -0.151. The number of carbonyl (C=O) groups is 2. The molecule has 0 rings (SSSR count). The molecule has 0 heterocycles. The van der Waals surface area contributed by atoms with Crippen LogP contribution in [0.25, 0.3) is 0 Å². The van der Waals surface area contributed by atoms with Crippen LogP contribution in [0.1, 0.15) is 271 Å². The fourth-order valence-corrected chi connectivity index (χ4v) is 7.93. The maximum Gasteiger partial charge on any atom is 0.306 e. The molecule has 0 aliphatic rings. The van der Waals surface area contributed by atoms with Crippen LogP contribution in [-0.2, 0) is 14.3 Å². The number of esters is 1. The first-order valence-corrected chi connectivity index (χ1v) is 26.2. The van der Waals surface area contributed by atoms with Crippen molar-refractivity contribution in [2.45, 2.75) is 289 Å². The van der Waals surface area contributed by atoms with Gasteiger partial charge in [-0.15, -0.1) is 0 Å². The van der Waals surface area contributed by atoms with Crippen LogP contribution in [0, 0.1) is 0 Å². The summed E-state index contributed by atoms with van der Waals surface area (Å²) in [6.45, 7) is 6.40. The SMILES string of the molecule is CCC/C=C\CCCCCC(CC(=O)NC(CO)C(O)CCCCCCCCCCCCCCCC)OC(=O)CCCCCCCCCCC/C=C\C/C=C\CCCCC. The molecular formula is C54H101NO5. The van der Waals surface area contributed by atoms with Gasteiger partial charge in [-0.3, -0.25) is 9.59 Å². The van der Waals surface area contributed by atoms with Gasteiger partial charge in [-0.25, -0.2) is 0 Å². The normalized spacial score (nSPS) is 13.5. The topological polar surface area (TPSA) is 95.9 Å². The van der Waals surface area contributed by atoms with Gasteiger partial charge in [0.2, 0.25) is 5.91 Å². The molecule has 0 aliphatic carbocycles. The van der Waals surface area contributed by atoms with E-state index in [0.29, 0.717) is 19.3 Å². The Kier molecular flexibility index (Phi) is 46.6. The molecule has 352 valence electrons. The van der Waals surface area contributed by atoms with Crippen LogP contribution in [0.4, 0.5) is 0 Å².